The largest absolute Gasteiger partial charge is 0.465 e. The van der Waals surface area contributed by atoms with Gasteiger partial charge in [0.1, 0.15) is 13.2 Å². The van der Waals surface area contributed by atoms with Crippen LogP contribution in [0.15, 0.2) is 0 Å². The Hall–Kier alpha value is -1.71. The van der Waals surface area contributed by atoms with E-state index >= 15 is 0 Å². The van der Waals surface area contributed by atoms with E-state index in [9.17, 15) is 14.4 Å². The summed E-state index contributed by atoms with van der Waals surface area (Å²) in [7, 11) is 0. The average Bonchev–Trinajstić information content (AvgIpc) is 2.46. The molecule has 0 spiro atoms. The molecule has 0 saturated heterocycles. The van der Waals surface area contributed by atoms with Crippen molar-refractivity contribution in [2.75, 3.05) is 52.5 Å². The summed E-state index contributed by atoms with van der Waals surface area (Å²) in [4.78, 5) is 34.9. The van der Waals surface area contributed by atoms with Gasteiger partial charge in [0.25, 0.3) is 0 Å². The SMILES string of the molecule is CCOC(=O)CN(CCOC(=O)CN)CCOC(=O)CN. The van der Waals surface area contributed by atoms with E-state index < -0.39 is 17.9 Å². The standard InChI is InChI=1S/C12H23N3O6/c1-2-19-12(18)9-15(3-5-20-10(16)7-13)4-6-21-11(17)8-14/h2-9,13-14H2,1H3. The van der Waals surface area contributed by atoms with Crippen LogP contribution >= 0.6 is 0 Å². The van der Waals surface area contributed by atoms with Gasteiger partial charge in [-0.15, -0.1) is 0 Å². The maximum atomic E-state index is 11.4. The third kappa shape index (κ3) is 10.7. The predicted octanol–water partition coefficient (Wildman–Crippen LogP) is -2.14. The van der Waals surface area contributed by atoms with Gasteiger partial charge >= 0.3 is 17.9 Å². The molecule has 0 amide bonds. The summed E-state index contributed by atoms with van der Waals surface area (Å²) in [6, 6.07) is 0. The molecule has 0 aromatic heterocycles. The van der Waals surface area contributed by atoms with Crippen molar-refractivity contribution in [1.82, 2.24) is 4.90 Å². The Labute approximate surface area is 123 Å². The smallest absolute Gasteiger partial charge is 0.320 e. The first kappa shape index (κ1) is 19.3. The van der Waals surface area contributed by atoms with Crippen LogP contribution in [0.2, 0.25) is 0 Å². The number of hydrogen-bond donors (Lipinski definition) is 2. The van der Waals surface area contributed by atoms with Crippen LogP contribution in [0.3, 0.4) is 0 Å². The number of hydrogen-bond acceptors (Lipinski definition) is 9. The van der Waals surface area contributed by atoms with E-state index in [4.69, 9.17) is 25.7 Å². The lowest BCUT2D eigenvalue weighted by molar-refractivity contribution is -0.145. The van der Waals surface area contributed by atoms with Gasteiger partial charge in [-0.3, -0.25) is 19.3 Å². The molecule has 9 nitrogen and oxygen atoms in total. The highest BCUT2D eigenvalue weighted by atomic mass is 16.5. The second-order valence-electron chi connectivity index (χ2n) is 3.93. The second kappa shape index (κ2) is 12.1. The summed E-state index contributed by atoms with van der Waals surface area (Å²) in [5.41, 5.74) is 10.2. The Morgan fingerprint density at radius 1 is 0.857 bits per heavy atom. The zero-order valence-electron chi connectivity index (χ0n) is 12.2. The van der Waals surface area contributed by atoms with Crippen molar-refractivity contribution < 1.29 is 28.6 Å². The Bertz CT molecular complexity index is 315. The van der Waals surface area contributed by atoms with Gasteiger partial charge in [-0.05, 0) is 6.92 Å². The third-order valence-electron chi connectivity index (χ3n) is 2.33. The number of esters is 3. The van der Waals surface area contributed by atoms with E-state index in [1.807, 2.05) is 0 Å². The molecule has 0 aromatic carbocycles. The van der Waals surface area contributed by atoms with Gasteiger partial charge in [-0.1, -0.05) is 0 Å². The minimum atomic E-state index is -0.527. The van der Waals surface area contributed by atoms with Crippen LogP contribution < -0.4 is 11.5 Å². The third-order valence-corrected chi connectivity index (χ3v) is 2.33. The molecule has 0 aliphatic heterocycles. The van der Waals surface area contributed by atoms with Crippen LogP contribution in [0.5, 0.6) is 0 Å². The Balaban J connectivity index is 4.16. The van der Waals surface area contributed by atoms with Gasteiger partial charge in [0, 0.05) is 13.1 Å². The van der Waals surface area contributed by atoms with Crippen LogP contribution in [-0.4, -0.2) is 75.4 Å². The molecule has 0 aliphatic carbocycles. The fraction of sp³-hybridized carbons (Fsp3) is 0.750. The molecule has 0 bridgehead atoms. The quantitative estimate of drug-likeness (QED) is 0.324. The molecule has 9 heteroatoms. The van der Waals surface area contributed by atoms with Gasteiger partial charge in [-0.2, -0.15) is 0 Å². The molecular formula is C12H23N3O6. The van der Waals surface area contributed by atoms with Gasteiger partial charge < -0.3 is 25.7 Å². The Kier molecular flexibility index (Phi) is 11.1. The molecule has 0 heterocycles. The van der Waals surface area contributed by atoms with Crippen molar-refractivity contribution in [3.05, 3.63) is 0 Å². The molecule has 0 saturated carbocycles. The lowest BCUT2D eigenvalue weighted by Crippen LogP contribution is -2.37. The summed E-state index contributed by atoms with van der Waals surface area (Å²) in [5.74, 6) is -1.46. The maximum Gasteiger partial charge on any atom is 0.320 e. The zero-order chi connectivity index (χ0) is 16.1. The van der Waals surface area contributed by atoms with Crippen molar-refractivity contribution in [1.29, 1.82) is 0 Å². The highest BCUT2D eigenvalue weighted by Crippen LogP contribution is 1.93. The maximum absolute atomic E-state index is 11.4. The van der Waals surface area contributed by atoms with Crippen molar-refractivity contribution >= 4 is 17.9 Å². The molecule has 0 aliphatic rings. The van der Waals surface area contributed by atoms with Gasteiger partial charge in [0.05, 0.1) is 26.2 Å². The van der Waals surface area contributed by atoms with E-state index in [1.54, 1.807) is 11.8 Å². The molecule has 0 rings (SSSR count). The van der Waals surface area contributed by atoms with Crippen LogP contribution in [0.25, 0.3) is 0 Å². The van der Waals surface area contributed by atoms with Crippen LogP contribution in [-0.2, 0) is 28.6 Å². The number of nitrogens with two attached hydrogens (primary N) is 2. The predicted molar refractivity (Wildman–Crippen MR) is 73.1 cm³/mol. The van der Waals surface area contributed by atoms with Crippen molar-refractivity contribution in [3.63, 3.8) is 0 Å². The second-order valence-corrected chi connectivity index (χ2v) is 3.93. The minimum absolute atomic E-state index is 0.00813. The van der Waals surface area contributed by atoms with E-state index in [0.717, 1.165) is 0 Å². The van der Waals surface area contributed by atoms with Crippen molar-refractivity contribution in [2.24, 2.45) is 11.5 Å². The lowest BCUT2D eigenvalue weighted by Gasteiger charge is -2.20. The topological polar surface area (TPSA) is 134 Å². The van der Waals surface area contributed by atoms with Gasteiger partial charge in [-0.25, -0.2) is 0 Å². The zero-order valence-corrected chi connectivity index (χ0v) is 12.2. The molecular weight excluding hydrogens is 282 g/mol. The van der Waals surface area contributed by atoms with Crippen molar-refractivity contribution in [3.8, 4) is 0 Å². The fourth-order valence-corrected chi connectivity index (χ4v) is 1.35. The number of nitrogens with zero attached hydrogens (tertiary/aromatic N) is 1. The molecule has 21 heavy (non-hydrogen) atoms. The molecule has 0 aromatic rings. The summed E-state index contributed by atoms with van der Waals surface area (Å²) in [5, 5.41) is 0. The number of carbonyl (C=O) groups excluding carboxylic acids is 3. The first-order chi connectivity index (χ1) is 10.0. The van der Waals surface area contributed by atoms with E-state index in [2.05, 4.69) is 0 Å². The van der Waals surface area contributed by atoms with E-state index in [-0.39, 0.29) is 39.5 Å². The molecule has 0 atom stereocenters. The van der Waals surface area contributed by atoms with Crippen LogP contribution in [0, 0.1) is 0 Å². The minimum Gasteiger partial charge on any atom is -0.465 e. The molecule has 0 radical (unpaired) electrons. The number of rotatable bonds is 11. The van der Waals surface area contributed by atoms with E-state index in [1.165, 1.54) is 0 Å². The molecule has 122 valence electrons. The molecule has 0 fully saturated rings. The van der Waals surface area contributed by atoms with E-state index in [0.29, 0.717) is 13.1 Å². The first-order valence-corrected chi connectivity index (χ1v) is 6.62. The molecule has 0 unspecified atom stereocenters. The Morgan fingerprint density at radius 2 is 1.33 bits per heavy atom. The summed E-state index contributed by atoms with van der Waals surface area (Å²) in [6.45, 7) is 2.34. The number of ether oxygens (including phenoxy) is 3. The average molecular weight is 305 g/mol. The van der Waals surface area contributed by atoms with Crippen LogP contribution in [0.1, 0.15) is 6.92 Å². The first-order valence-electron chi connectivity index (χ1n) is 6.62. The summed E-state index contributed by atoms with van der Waals surface area (Å²) in [6.07, 6.45) is 0. The normalized spacial score (nSPS) is 10.3. The van der Waals surface area contributed by atoms with Crippen LogP contribution in [0.4, 0.5) is 0 Å². The highest BCUT2D eigenvalue weighted by Gasteiger charge is 2.13. The van der Waals surface area contributed by atoms with Crippen molar-refractivity contribution in [2.45, 2.75) is 6.92 Å². The van der Waals surface area contributed by atoms with Gasteiger partial charge in [0.2, 0.25) is 0 Å². The summed E-state index contributed by atoms with van der Waals surface area (Å²) >= 11 is 0. The fourth-order valence-electron chi connectivity index (χ4n) is 1.35. The molecule has 4 N–H and O–H groups in total. The Morgan fingerprint density at radius 3 is 1.71 bits per heavy atom. The van der Waals surface area contributed by atoms with Gasteiger partial charge in [0.15, 0.2) is 0 Å². The summed E-state index contributed by atoms with van der Waals surface area (Å²) < 4.78 is 14.5. The number of carbonyl (C=O) groups is 3. The monoisotopic (exact) mass is 305 g/mol. The highest BCUT2D eigenvalue weighted by molar-refractivity contribution is 5.72. The lowest BCUT2D eigenvalue weighted by atomic mass is 10.4.